The Kier molecular flexibility index (Phi) is 3.59. The SMILES string of the molecule is Cc1ccc(-c2c(Nc3cccc(Cl)c3)c(=O)c2=O)cc1C. The third-order valence-electron chi connectivity index (χ3n) is 3.80. The lowest BCUT2D eigenvalue weighted by molar-refractivity contribution is 1.32. The Labute approximate surface area is 132 Å². The first kappa shape index (κ1) is 14.5. The summed E-state index contributed by atoms with van der Waals surface area (Å²) in [7, 11) is 0. The van der Waals surface area contributed by atoms with E-state index in [0.717, 1.165) is 16.7 Å². The van der Waals surface area contributed by atoms with E-state index in [1.165, 1.54) is 0 Å². The molecule has 0 spiro atoms. The molecule has 0 atom stereocenters. The van der Waals surface area contributed by atoms with Crippen molar-refractivity contribution in [2.24, 2.45) is 0 Å². The lowest BCUT2D eigenvalue weighted by atomic mass is 9.95. The van der Waals surface area contributed by atoms with E-state index in [1.54, 1.807) is 24.3 Å². The highest BCUT2D eigenvalue weighted by Crippen LogP contribution is 2.28. The van der Waals surface area contributed by atoms with E-state index in [0.29, 0.717) is 22.0 Å². The number of hydrogen-bond donors (Lipinski definition) is 1. The second-order valence-corrected chi connectivity index (χ2v) is 5.78. The van der Waals surface area contributed by atoms with Crippen molar-refractivity contribution in [3.63, 3.8) is 0 Å². The standard InChI is InChI=1S/C18H14ClNO2/c1-10-6-7-12(8-11(10)2)15-16(18(22)17(15)21)20-14-5-3-4-13(19)9-14/h3-9,20H,1-2H3. The van der Waals surface area contributed by atoms with Gasteiger partial charge in [-0.15, -0.1) is 0 Å². The fraction of sp³-hybridized carbons (Fsp3) is 0.111. The molecule has 0 heterocycles. The van der Waals surface area contributed by atoms with Crippen LogP contribution >= 0.6 is 11.6 Å². The summed E-state index contributed by atoms with van der Waals surface area (Å²) < 4.78 is 0. The molecule has 0 radical (unpaired) electrons. The Morgan fingerprint density at radius 3 is 2.36 bits per heavy atom. The van der Waals surface area contributed by atoms with Crippen molar-refractivity contribution < 1.29 is 0 Å². The number of aryl methyl sites for hydroxylation is 2. The van der Waals surface area contributed by atoms with Gasteiger partial charge in [0.25, 0.3) is 5.43 Å². The molecular formula is C18H14ClNO2. The van der Waals surface area contributed by atoms with Gasteiger partial charge in [0.15, 0.2) is 0 Å². The summed E-state index contributed by atoms with van der Waals surface area (Å²) >= 11 is 5.94. The Morgan fingerprint density at radius 1 is 0.909 bits per heavy atom. The zero-order chi connectivity index (χ0) is 15.9. The van der Waals surface area contributed by atoms with Crippen LogP contribution in [0.5, 0.6) is 0 Å². The minimum Gasteiger partial charge on any atom is -0.352 e. The predicted molar refractivity (Wildman–Crippen MR) is 91.0 cm³/mol. The van der Waals surface area contributed by atoms with Crippen molar-refractivity contribution >= 4 is 23.0 Å². The molecule has 4 heteroatoms. The van der Waals surface area contributed by atoms with Gasteiger partial charge in [-0.3, -0.25) is 9.59 Å². The average Bonchev–Trinajstić information content (AvgIpc) is 2.50. The quantitative estimate of drug-likeness (QED) is 0.745. The highest BCUT2D eigenvalue weighted by molar-refractivity contribution is 6.30. The molecule has 3 nitrogen and oxygen atoms in total. The molecular weight excluding hydrogens is 298 g/mol. The monoisotopic (exact) mass is 311 g/mol. The van der Waals surface area contributed by atoms with Crippen LogP contribution in [0.1, 0.15) is 11.1 Å². The van der Waals surface area contributed by atoms with E-state index in [-0.39, 0.29) is 0 Å². The second kappa shape index (κ2) is 5.43. The van der Waals surface area contributed by atoms with E-state index in [1.807, 2.05) is 32.0 Å². The highest BCUT2D eigenvalue weighted by Gasteiger charge is 2.22. The first-order chi connectivity index (χ1) is 10.5. The molecule has 110 valence electrons. The Hall–Kier alpha value is -2.39. The van der Waals surface area contributed by atoms with Crippen LogP contribution in [0.25, 0.3) is 11.1 Å². The molecule has 22 heavy (non-hydrogen) atoms. The summed E-state index contributed by atoms with van der Waals surface area (Å²) in [6.07, 6.45) is 0. The van der Waals surface area contributed by atoms with Crippen molar-refractivity contribution in [1.29, 1.82) is 0 Å². The van der Waals surface area contributed by atoms with Crippen LogP contribution in [0.2, 0.25) is 5.02 Å². The van der Waals surface area contributed by atoms with Gasteiger partial charge in [-0.05, 0) is 48.7 Å². The number of rotatable bonds is 3. The zero-order valence-electron chi connectivity index (χ0n) is 12.2. The maximum absolute atomic E-state index is 12.0. The maximum atomic E-state index is 12.0. The molecule has 3 aromatic rings. The Balaban J connectivity index is 2.04. The topological polar surface area (TPSA) is 46.2 Å². The molecule has 0 saturated carbocycles. The predicted octanol–water partition coefficient (Wildman–Crippen LogP) is 3.96. The van der Waals surface area contributed by atoms with Gasteiger partial charge in [0.2, 0.25) is 5.43 Å². The molecule has 0 aromatic heterocycles. The Morgan fingerprint density at radius 2 is 1.68 bits per heavy atom. The molecule has 0 amide bonds. The fourth-order valence-corrected chi connectivity index (χ4v) is 2.58. The van der Waals surface area contributed by atoms with Crippen LogP contribution in [0.15, 0.2) is 52.1 Å². The average molecular weight is 312 g/mol. The highest BCUT2D eigenvalue weighted by atomic mass is 35.5. The number of hydrogen-bond acceptors (Lipinski definition) is 3. The molecule has 0 bridgehead atoms. The van der Waals surface area contributed by atoms with Gasteiger partial charge in [0.05, 0.1) is 5.56 Å². The second-order valence-electron chi connectivity index (χ2n) is 5.34. The first-order valence-electron chi connectivity index (χ1n) is 6.91. The fourth-order valence-electron chi connectivity index (χ4n) is 2.39. The van der Waals surface area contributed by atoms with Crippen molar-refractivity contribution in [2.75, 3.05) is 5.32 Å². The van der Waals surface area contributed by atoms with Gasteiger partial charge in [-0.1, -0.05) is 35.9 Å². The van der Waals surface area contributed by atoms with Crippen LogP contribution in [-0.4, -0.2) is 0 Å². The van der Waals surface area contributed by atoms with E-state index >= 15 is 0 Å². The molecule has 0 fully saturated rings. The van der Waals surface area contributed by atoms with Gasteiger partial charge < -0.3 is 5.32 Å². The van der Waals surface area contributed by atoms with E-state index < -0.39 is 10.9 Å². The van der Waals surface area contributed by atoms with E-state index in [9.17, 15) is 9.59 Å². The number of halogens is 1. The maximum Gasteiger partial charge on any atom is 0.250 e. The number of benzene rings is 2. The van der Waals surface area contributed by atoms with Crippen LogP contribution in [0.3, 0.4) is 0 Å². The summed E-state index contributed by atoms with van der Waals surface area (Å²) in [6, 6.07) is 12.8. The van der Waals surface area contributed by atoms with Gasteiger partial charge in [0.1, 0.15) is 5.69 Å². The molecule has 3 rings (SSSR count). The molecule has 0 aliphatic carbocycles. The largest absolute Gasteiger partial charge is 0.352 e. The van der Waals surface area contributed by atoms with Crippen LogP contribution in [0, 0.1) is 13.8 Å². The van der Waals surface area contributed by atoms with Crippen molar-refractivity contribution in [1.82, 2.24) is 0 Å². The minimum absolute atomic E-state index is 0.329. The molecule has 0 saturated heterocycles. The number of anilines is 2. The van der Waals surface area contributed by atoms with Crippen LogP contribution in [-0.2, 0) is 0 Å². The van der Waals surface area contributed by atoms with Crippen LogP contribution in [0.4, 0.5) is 11.4 Å². The zero-order valence-corrected chi connectivity index (χ0v) is 13.0. The van der Waals surface area contributed by atoms with Gasteiger partial charge in [0, 0.05) is 10.7 Å². The normalized spacial score (nSPS) is 10.9. The first-order valence-corrected chi connectivity index (χ1v) is 7.28. The summed E-state index contributed by atoms with van der Waals surface area (Å²) in [5.74, 6) is 0. The van der Waals surface area contributed by atoms with Gasteiger partial charge >= 0.3 is 0 Å². The molecule has 1 N–H and O–H groups in total. The lowest BCUT2D eigenvalue weighted by Crippen LogP contribution is -2.35. The number of nitrogens with one attached hydrogen (secondary N) is 1. The third-order valence-corrected chi connectivity index (χ3v) is 4.03. The molecule has 0 unspecified atom stereocenters. The minimum atomic E-state index is -0.492. The van der Waals surface area contributed by atoms with E-state index in [4.69, 9.17) is 11.6 Å². The van der Waals surface area contributed by atoms with Gasteiger partial charge in [-0.25, -0.2) is 0 Å². The summed E-state index contributed by atoms with van der Waals surface area (Å²) in [5, 5.41) is 3.57. The summed E-state index contributed by atoms with van der Waals surface area (Å²) in [5.41, 5.74) is 3.50. The molecule has 3 aromatic carbocycles. The smallest absolute Gasteiger partial charge is 0.250 e. The van der Waals surface area contributed by atoms with E-state index in [2.05, 4.69) is 5.32 Å². The Bertz CT molecular complexity index is 937. The summed E-state index contributed by atoms with van der Waals surface area (Å²) in [6.45, 7) is 3.99. The van der Waals surface area contributed by atoms with Gasteiger partial charge in [-0.2, -0.15) is 0 Å². The van der Waals surface area contributed by atoms with Crippen molar-refractivity contribution in [3.05, 3.63) is 79.1 Å². The molecule has 0 aliphatic heterocycles. The molecule has 0 aliphatic rings. The lowest BCUT2D eigenvalue weighted by Gasteiger charge is -2.14. The third kappa shape index (κ3) is 2.44. The van der Waals surface area contributed by atoms with Crippen molar-refractivity contribution in [2.45, 2.75) is 13.8 Å². The summed E-state index contributed by atoms with van der Waals surface area (Å²) in [4.78, 5) is 23.8. The van der Waals surface area contributed by atoms with Crippen LogP contribution < -0.4 is 16.2 Å². The van der Waals surface area contributed by atoms with Crippen molar-refractivity contribution in [3.8, 4) is 11.1 Å².